The van der Waals surface area contributed by atoms with Gasteiger partial charge in [-0.2, -0.15) is 0 Å². The zero-order valence-corrected chi connectivity index (χ0v) is 11.1. The minimum atomic E-state index is 0.706. The van der Waals surface area contributed by atoms with E-state index in [1.807, 2.05) is 37.4 Å². The molecule has 1 aromatic heterocycles. The lowest BCUT2D eigenvalue weighted by Crippen LogP contribution is -2.03. The predicted molar refractivity (Wildman–Crippen MR) is 69.6 cm³/mol. The molecular formula is C12H11BrClNO. The number of nitrogens with one attached hydrogen (secondary N) is 1. The number of benzene rings is 1. The summed E-state index contributed by atoms with van der Waals surface area (Å²) in [5.74, 6) is 1.76. The maximum Gasteiger partial charge on any atom is 0.135 e. The van der Waals surface area contributed by atoms with Gasteiger partial charge in [-0.15, -0.1) is 0 Å². The lowest BCUT2D eigenvalue weighted by molar-refractivity contribution is 0.507. The molecule has 0 unspecified atom stereocenters. The highest BCUT2D eigenvalue weighted by Gasteiger charge is 2.08. The van der Waals surface area contributed by atoms with Gasteiger partial charge in [-0.1, -0.05) is 11.6 Å². The first-order valence-electron chi connectivity index (χ1n) is 4.89. The Labute approximate surface area is 108 Å². The monoisotopic (exact) mass is 299 g/mol. The van der Waals surface area contributed by atoms with Gasteiger partial charge in [0.25, 0.3) is 0 Å². The number of furan rings is 1. The highest BCUT2D eigenvalue weighted by Crippen LogP contribution is 2.31. The van der Waals surface area contributed by atoms with Crippen molar-refractivity contribution in [1.82, 2.24) is 5.32 Å². The van der Waals surface area contributed by atoms with Crippen LogP contribution < -0.4 is 5.32 Å². The summed E-state index contributed by atoms with van der Waals surface area (Å²) in [6, 6.07) is 9.57. The molecule has 0 aliphatic heterocycles. The van der Waals surface area contributed by atoms with Crippen LogP contribution in [0.3, 0.4) is 0 Å². The van der Waals surface area contributed by atoms with E-state index in [1.54, 1.807) is 0 Å². The molecule has 1 heterocycles. The van der Waals surface area contributed by atoms with Crippen molar-refractivity contribution >= 4 is 27.5 Å². The number of halogens is 2. The fourth-order valence-electron chi connectivity index (χ4n) is 1.48. The molecular weight excluding hydrogens is 289 g/mol. The smallest absolute Gasteiger partial charge is 0.135 e. The first-order chi connectivity index (χ1) is 7.70. The summed E-state index contributed by atoms with van der Waals surface area (Å²) in [6.45, 7) is 0.727. The normalized spacial score (nSPS) is 10.7. The molecule has 0 saturated carbocycles. The Bertz CT molecular complexity index is 496. The van der Waals surface area contributed by atoms with Crippen LogP contribution in [0, 0.1) is 0 Å². The van der Waals surface area contributed by atoms with Gasteiger partial charge in [-0.25, -0.2) is 0 Å². The number of rotatable bonds is 3. The van der Waals surface area contributed by atoms with Crippen LogP contribution in [0.15, 0.2) is 39.2 Å². The van der Waals surface area contributed by atoms with Crippen molar-refractivity contribution < 1.29 is 4.42 Å². The third-order valence-electron chi connectivity index (χ3n) is 2.21. The lowest BCUT2D eigenvalue weighted by atomic mass is 10.2. The molecule has 16 heavy (non-hydrogen) atoms. The molecule has 0 fully saturated rings. The Morgan fingerprint density at radius 2 is 2.12 bits per heavy atom. The Morgan fingerprint density at radius 1 is 1.31 bits per heavy atom. The maximum absolute atomic E-state index is 5.89. The Morgan fingerprint density at radius 3 is 2.81 bits per heavy atom. The van der Waals surface area contributed by atoms with Crippen LogP contribution in [0.5, 0.6) is 0 Å². The van der Waals surface area contributed by atoms with Crippen LogP contribution in [0.1, 0.15) is 5.76 Å². The average molecular weight is 301 g/mol. The maximum atomic E-state index is 5.89. The summed E-state index contributed by atoms with van der Waals surface area (Å²) in [7, 11) is 1.89. The molecule has 2 aromatic rings. The van der Waals surface area contributed by atoms with Crippen LogP contribution >= 0.6 is 27.5 Å². The molecule has 2 nitrogen and oxygen atoms in total. The molecule has 0 aliphatic rings. The summed E-state index contributed by atoms with van der Waals surface area (Å²) >= 11 is 9.36. The van der Waals surface area contributed by atoms with E-state index in [0.29, 0.717) is 5.02 Å². The third-order valence-corrected chi connectivity index (χ3v) is 3.10. The molecule has 0 saturated heterocycles. The fourth-order valence-corrected chi connectivity index (χ4v) is 2.36. The van der Waals surface area contributed by atoms with Gasteiger partial charge in [0.1, 0.15) is 11.5 Å². The van der Waals surface area contributed by atoms with Crippen LogP contribution in [0.2, 0.25) is 5.02 Å². The second kappa shape index (κ2) is 5.04. The van der Waals surface area contributed by atoms with E-state index >= 15 is 0 Å². The average Bonchev–Trinajstić information content (AvgIpc) is 2.67. The number of hydrogen-bond donors (Lipinski definition) is 1. The lowest BCUT2D eigenvalue weighted by Gasteiger charge is -2.01. The molecule has 1 N–H and O–H groups in total. The largest absolute Gasteiger partial charge is 0.460 e. The molecule has 0 radical (unpaired) electrons. The van der Waals surface area contributed by atoms with Crippen molar-refractivity contribution in [2.24, 2.45) is 0 Å². The van der Waals surface area contributed by atoms with Crippen LogP contribution in [-0.4, -0.2) is 7.05 Å². The topological polar surface area (TPSA) is 25.2 Å². The third kappa shape index (κ3) is 2.48. The zero-order chi connectivity index (χ0) is 11.5. The predicted octanol–water partition coefficient (Wildman–Crippen LogP) is 4.08. The van der Waals surface area contributed by atoms with Gasteiger partial charge in [-0.3, -0.25) is 0 Å². The van der Waals surface area contributed by atoms with Gasteiger partial charge in [0.05, 0.1) is 6.54 Å². The second-order valence-electron chi connectivity index (χ2n) is 3.42. The molecule has 0 bridgehead atoms. The van der Waals surface area contributed by atoms with Crippen molar-refractivity contribution in [3.63, 3.8) is 0 Å². The van der Waals surface area contributed by atoms with E-state index < -0.39 is 0 Å². The fraction of sp³-hybridized carbons (Fsp3) is 0.167. The van der Waals surface area contributed by atoms with E-state index in [2.05, 4.69) is 21.2 Å². The quantitative estimate of drug-likeness (QED) is 0.924. The standard InChI is InChI=1S/C12H11BrClNO/c1-15-7-9-3-5-12(16-9)10-4-2-8(14)6-11(10)13/h2-6,15H,7H2,1H3. The molecule has 0 aliphatic carbocycles. The minimum Gasteiger partial charge on any atom is -0.460 e. The summed E-state index contributed by atoms with van der Waals surface area (Å²) in [4.78, 5) is 0. The van der Waals surface area contributed by atoms with Crippen molar-refractivity contribution in [2.75, 3.05) is 7.05 Å². The Kier molecular flexibility index (Phi) is 3.69. The van der Waals surface area contributed by atoms with E-state index in [-0.39, 0.29) is 0 Å². The highest BCUT2D eigenvalue weighted by atomic mass is 79.9. The summed E-state index contributed by atoms with van der Waals surface area (Å²) < 4.78 is 6.63. The summed E-state index contributed by atoms with van der Waals surface area (Å²) in [6.07, 6.45) is 0. The zero-order valence-electron chi connectivity index (χ0n) is 8.76. The van der Waals surface area contributed by atoms with Gasteiger partial charge in [0, 0.05) is 15.1 Å². The number of hydrogen-bond acceptors (Lipinski definition) is 2. The van der Waals surface area contributed by atoms with Crippen molar-refractivity contribution in [3.05, 3.63) is 45.6 Å². The summed E-state index contributed by atoms with van der Waals surface area (Å²) in [5, 5.41) is 3.75. The van der Waals surface area contributed by atoms with E-state index in [9.17, 15) is 0 Å². The molecule has 0 amide bonds. The summed E-state index contributed by atoms with van der Waals surface area (Å²) in [5.41, 5.74) is 1.01. The van der Waals surface area contributed by atoms with Gasteiger partial charge >= 0.3 is 0 Å². The van der Waals surface area contributed by atoms with Crippen molar-refractivity contribution in [3.8, 4) is 11.3 Å². The Balaban J connectivity index is 2.35. The minimum absolute atomic E-state index is 0.706. The van der Waals surface area contributed by atoms with E-state index in [4.69, 9.17) is 16.0 Å². The van der Waals surface area contributed by atoms with Gasteiger partial charge < -0.3 is 9.73 Å². The van der Waals surface area contributed by atoms with Crippen LogP contribution in [0.25, 0.3) is 11.3 Å². The molecule has 4 heteroatoms. The van der Waals surface area contributed by atoms with Crippen molar-refractivity contribution in [1.29, 1.82) is 0 Å². The van der Waals surface area contributed by atoms with Gasteiger partial charge in [-0.05, 0) is 53.3 Å². The van der Waals surface area contributed by atoms with Gasteiger partial charge in [0.2, 0.25) is 0 Å². The Hall–Kier alpha value is -0.770. The molecule has 84 valence electrons. The van der Waals surface area contributed by atoms with E-state index in [0.717, 1.165) is 28.1 Å². The second-order valence-corrected chi connectivity index (χ2v) is 4.71. The molecule has 0 atom stereocenters. The van der Waals surface area contributed by atoms with Gasteiger partial charge in [0.15, 0.2) is 0 Å². The first-order valence-corrected chi connectivity index (χ1v) is 6.06. The SMILES string of the molecule is CNCc1ccc(-c2ccc(Cl)cc2Br)o1. The molecule has 0 spiro atoms. The first kappa shape index (κ1) is 11.7. The van der Waals surface area contributed by atoms with Crippen LogP contribution in [-0.2, 0) is 6.54 Å². The van der Waals surface area contributed by atoms with Crippen molar-refractivity contribution in [2.45, 2.75) is 6.54 Å². The molecule has 2 rings (SSSR count). The van der Waals surface area contributed by atoms with Crippen LogP contribution in [0.4, 0.5) is 0 Å². The molecule has 1 aromatic carbocycles. The highest BCUT2D eigenvalue weighted by molar-refractivity contribution is 9.10. The van der Waals surface area contributed by atoms with E-state index in [1.165, 1.54) is 0 Å².